The minimum absolute atomic E-state index is 0.746. The molecule has 2 nitrogen and oxygen atoms in total. The third-order valence-electron chi connectivity index (χ3n) is 2.56. The van der Waals surface area contributed by atoms with Gasteiger partial charge in [0.1, 0.15) is 5.75 Å². The number of rotatable bonds is 2. The van der Waals surface area contributed by atoms with Crippen molar-refractivity contribution in [3.63, 3.8) is 0 Å². The van der Waals surface area contributed by atoms with Gasteiger partial charge in [-0.2, -0.15) is 0 Å². The average molecular weight is 257 g/mol. The minimum atomic E-state index is 0.746. The summed E-state index contributed by atoms with van der Waals surface area (Å²) in [5.41, 5.74) is 3.67. The van der Waals surface area contributed by atoms with Crippen LogP contribution in [0.1, 0.15) is 27.0 Å². The van der Waals surface area contributed by atoms with Gasteiger partial charge in [-0.15, -0.1) is 0 Å². The molecule has 14 heavy (non-hydrogen) atoms. The molecule has 0 atom stereocenters. The molecule has 0 heterocycles. The van der Waals surface area contributed by atoms with Crippen molar-refractivity contribution in [1.29, 1.82) is 0 Å². The van der Waals surface area contributed by atoms with Crippen LogP contribution >= 0.6 is 15.9 Å². The van der Waals surface area contributed by atoms with Gasteiger partial charge in [-0.25, -0.2) is 0 Å². The summed E-state index contributed by atoms with van der Waals surface area (Å²) in [5.74, 6) is 0.811. The van der Waals surface area contributed by atoms with Crippen LogP contribution in [0.2, 0.25) is 0 Å². The minimum Gasteiger partial charge on any atom is -0.495 e. The number of methoxy groups -OCH3 is 1. The van der Waals surface area contributed by atoms with E-state index in [1.807, 2.05) is 20.8 Å². The van der Waals surface area contributed by atoms with E-state index in [2.05, 4.69) is 15.9 Å². The second kappa shape index (κ2) is 4.13. The Morgan fingerprint density at radius 1 is 1.14 bits per heavy atom. The largest absolute Gasteiger partial charge is 0.495 e. The highest BCUT2D eigenvalue weighted by Crippen LogP contribution is 2.36. The predicted molar refractivity (Wildman–Crippen MR) is 60.3 cm³/mol. The van der Waals surface area contributed by atoms with Crippen LogP contribution in [0.3, 0.4) is 0 Å². The highest BCUT2D eigenvalue weighted by Gasteiger charge is 2.15. The lowest BCUT2D eigenvalue weighted by Gasteiger charge is -2.15. The van der Waals surface area contributed by atoms with E-state index in [9.17, 15) is 4.79 Å². The topological polar surface area (TPSA) is 26.3 Å². The Morgan fingerprint density at radius 3 is 2.14 bits per heavy atom. The average Bonchev–Trinajstić information content (AvgIpc) is 2.17. The Labute approximate surface area is 92.4 Å². The normalized spacial score (nSPS) is 10.1. The predicted octanol–water partition coefficient (Wildman–Crippen LogP) is 3.20. The van der Waals surface area contributed by atoms with Gasteiger partial charge in [-0.05, 0) is 53.4 Å². The van der Waals surface area contributed by atoms with Gasteiger partial charge in [0.15, 0.2) is 6.29 Å². The van der Waals surface area contributed by atoms with Gasteiger partial charge < -0.3 is 4.74 Å². The molecular weight excluding hydrogens is 244 g/mol. The van der Waals surface area contributed by atoms with E-state index < -0.39 is 0 Å². The number of carbonyl (C=O) groups is 1. The molecule has 0 N–H and O–H groups in total. The van der Waals surface area contributed by atoms with Crippen molar-refractivity contribution < 1.29 is 9.53 Å². The molecule has 0 bridgehead atoms. The highest BCUT2D eigenvalue weighted by atomic mass is 79.9. The van der Waals surface area contributed by atoms with E-state index in [1.54, 1.807) is 7.11 Å². The molecule has 76 valence electrons. The molecule has 0 unspecified atom stereocenters. The number of hydrogen-bond donors (Lipinski definition) is 0. The molecule has 0 aliphatic rings. The number of aldehydes is 1. The van der Waals surface area contributed by atoms with Crippen molar-refractivity contribution in [1.82, 2.24) is 0 Å². The van der Waals surface area contributed by atoms with Gasteiger partial charge >= 0.3 is 0 Å². The van der Waals surface area contributed by atoms with Gasteiger partial charge in [0.05, 0.1) is 11.6 Å². The summed E-state index contributed by atoms with van der Waals surface area (Å²) in [5, 5.41) is 0. The molecule has 1 aromatic rings. The standard InChI is InChI=1S/C11H13BrO2/c1-6-7(2)11(14-4)10(12)8(3)9(6)5-13/h5H,1-4H3. The van der Waals surface area contributed by atoms with Crippen LogP contribution in [0.15, 0.2) is 4.47 Å². The van der Waals surface area contributed by atoms with E-state index in [4.69, 9.17) is 4.74 Å². The Kier molecular flexibility index (Phi) is 3.32. The maximum atomic E-state index is 10.9. The van der Waals surface area contributed by atoms with Gasteiger partial charge in [-0.1, -0.05) is 0 Å². The quantitative estimate of drug-likeness (QED) is 0.760. The van der Waals surface area contributed by atoms with Crippen LogP contribution in [-0.2, 0) is 0 Å². The number of ether oxygens (including phenoxy) is 1. The summed E-state index contributed by atoms with van der Waals surface area (Å²) in [7, 11) is 1.63. The molecule has 0 spiro atoms. The van der Waals surface area contributed by atoms with E-state index >= 15 is 0 Å². The number of carbonyl (C=O) groups excluding carboxylic acids is 1. The maximum absolute atomic E-state index is 10.9. The zero-order valence-electron chi connectivity index (χ0n) is 8.77. The Balaban J connectivity index is 3.63. The first-order valence-electron chi connectivity index (χ1n) is 4.33. The summed E-state index contributed by atoms with van der Waals surface area (Å²) >= 11 is 3.43. The van der Waals surface area contributed by atoms with Crippen LogP contribution in [0.25, 0.3) is 0 Å². The lowest BCUT2D eigenvalue weighted by molar-refractivity contribution is 0.112. The van der Waals surface area contributed by atoms with E-state index in [1.165, 1.54) is 0 Å². The van der Waals surface area contributed by atoms with Gasteiger partial charge in [0.2, 0.25) is 0 Å². The van der Waals surface area contributed by atoms with Crippen molar-refractivity contribution >= 4 is 22.2 Å². The Morgan fingerprint density at radius 2 is 1.71 bits per heavy atom. The summed E-state index contributed by atoms with van der Waals surface area (Å²) in [6.45, 7) is 5.79. The van der Waals surface area contributed by atoms with Crippen molar-refractivity contribution in [2.45, 2.75) is 20.8 Å². The molecule has 0 amide bonds. The second-order valence-electron chi connectivity index (χ2n) is 3.25. The van der Waals surface area contributed by atoms with Crippen LogP contribution < -0.4 is 4.74 Å². The molecule has 0 fully saturated rings. The lowest BCUT2D eigenvalue weighted by atomic mass is 9.98. The second-order valence-corrected chi connectivity index (χ2v) is 4.05. The summed E-state index contributed by atoms with van der Waals surface area (Å²) in [4.78, 5) is 10.9. The summed E-state index contributed by atoms with van der Waals surface area (Å²) < 4.78 is 6.14. The number of hydrogen-bond acceptors (Lipinski definition) is 2. The van der Waals surface area contributed by atoms with E-state index in [0.29, 0.717) is 0 Å². The van der Waals surface area contributed by atoms with Gasteiger partial charge in [0.25, 0.3) is 0 Å². The smallest absolute Gasteiger partial charge is 0.150 e. The Bertz CT molecular complexity index is 354. The van der Waals surface area contributed by atoms with Crippen molar-refractivity contribution in [2.24, 2.45) is 0 Å². The fourth-order valence-electron chi connectivity index (χ4n) is 1.53. The van der Waals surface area contributed by atoms with Crippen LogP contribution in [0.4, 0.5) is 0 Å². The fraction of sp³-hybridized carbons (Fsp3) is 0.364. The molecule has 0 radical (unpaired) electrons. The van der Waals surface area contributed by atoms with Crippen LogP contribution in [0.5, 0.6) is 5.75 Å². The SMILES string of the molecule is COc1c(C)c(C)c(C=O)c(C)c1Br. The highest BCUT2D eigenvalue weighted by molar-refractivity contribution is 9.10. The molecule has 3 heteroatoms. The van der Waals surface area contributed by atoms with E-state index in [0.717, 1.165) is 38.8 Å². The van der Waals surface area contributed by atoms with Crippen molar-refractivity contribution in [3.05, 3.63) is 26.7 Å². The molecule has 1 aromatic carbocycles. The molecule has 1 rings (SSSR count). The zero-order chi connectivity index (χ0) is 10.9. The summed E-state index contributed by atoms with van der Waals surface area (Å²) in [6, 6.07) is 0. The first-order valence-corrected chi connectivity index (χ1v) is 5.12. The number of halogens is 1. The molecule has 0 aromatic heterocycles. The van der Waals surface area contributed by atoms with Gasteiger partial charge in [-0.3, -0.25) is 4.79 Å². The van der Waals surface area contributed by atoms with Crippen LogP contribution in [0, 0.1) is 20.8 Å². The molecule has 0 saturated heterocycles. The summed E-state index contributed by atoms with van der Waals surface area (Å²) in [6.07, 6.45) is 0.891. The van der Waals surface area contributed by atoms with Crippen LogP contribution in [-0.4, -0.2) is 13.4 Å². The Hall–Kier alpha value is -0.830. The monoisotopic (exact) mass is 256 g/mol. The van der Waals surface area contributed by atoms with E-state index in [-0.39, 0.29) is 0 Å². The first-order chi connectivity index (χ1) is 6.54. The van der Waals surface area contributed by atoms with Gasteiger partial charge in [0, 0.05) is 5.56 Å². The fourth-order valence-corrected chi connectivity index (χ4v) is 2.20. The molecule has 0 saturated carbocycles. The molecule has 0 aliphatic heterocycles. The lowest BCUT2D eigenvalue weighted by Crippen LogP contribution is -2.00. The maximum Gasteiger partial charge on any atom is 0.150 e. The third kappa shape index (κ3) is 1.57. The zero-order valence-corrected chi connectivity index (χ0v) is 10.4. The molecule has 0 aliphatic carbocycles. The number of benzene rings is 1. The molecular formula is C11H13BrO2. The van der Waals surface area contributed by atoms with Crippen molar-refractivity contribution in [2.75, 3.05) is 7.11 Å². The first kappa shape index (κ1) is 11.2. The van der Waals surface area contributed by atoms with Crippen molar-refractivity contribution in [3.8, 4) is 5.75 Å². The third-order valence-corrected chi connectivity index (χ3v) is 3.52.